The molecular weight excluding hydrogens is 314 g/mol. The predicted molar refractivity (Wildman–Crippen MR) is 117 cm³/mol. The average molecular weight is 356 g/mol. The quantitative estimate of drug-likeness (QED) is 0.442. The van der Waals surface area contributed by atoms with Gasteiger partial charge in [-0.15, -0.1) is 0 Å². The Bertz CT molecular complexity index is 553. The first kappa shape index (κ1) is 21.1. The molecule has 26 heavy (non-hydrogen) atoms. The van der Waals surface area contributed by atoms with Crippen molar-refractivity contribution >= 4 is 5.70 Å². The van der Waals surface area contributed by atoms with Crippen LogP contribution in [0.1, 0.15) is 101 Å². The zero-order chi connectivity index (χ0) is 19.0. The van der Waals surface area contributed by atoms with Gasteiger partial charge in [-0.2, -0.15) is 0 Å². The van der Waals surface area contributed by atoms with E-state index in [2.05, 4.69) is 51.7 Å². The Morgan fingerprint density at radius 1 is 1.00 bits per heavy atom. The van der Waals surface area contributed by atoms with Gasteiger partial charge in [0.15, 0.2) is 0 Å². The largest absolute Gasteiger partial charge is 0.384 e. The van der Waals surface area contributed by atoms with E-state index in [-0.39, 0.29) is 0 Å². The van der Waals surface area contributed by atoms with Crippen molar-refractivity contribution in [3.63, 3.8) is 0 Å². The molecule has 0 amide bonds. The van der Waals surface area contributed by atoms with Gasteiger partial charge >= 0.3 is 0 Å². The van der Waals surface area contributed by atoms with Gasteiger partial charge < -0.3 is 5.32 Å². The van der Waals surface area contributed by atoms with Crippen molar-refractivity contribution in [2.45, 2.75) is 98.3 Å². The van der Waals surface area contributed by atoms with Crippen LogP contribution in [0.25, 0.3) is 5.70 Å². The summed E-state index contributed by atoms with van der Waals surface area (Å²) in [6, 6.07) is 4.80. The molecule has 1 aliphatic rings. The van der Waals surface area contributed by atoms with Crippen LogP contribution in [0.4, 0.5) is 0 Å². The fourth-order valence-corrected chi connectivity index (χ4v) is 4.48. The summed E-state index contributed by atoms with van der Waals surface area (Å²) in [7, 11) is 0. The van der Waals surface area contributed by atoms with E-state index in [1.165, 1.54) is 74.5 Å². The van der Waals surface area contributed by atoms with Crippen molar-refractivity contribution in [2.75, 3.05) is 6.54 Å². The molecule has 0 heterocycles. The zero-order valence-corrected chi connectivity index (χ0v) is 17.8. The molecule has 0 spiro atoms. The molecule has 0 unspecified atom stereocenters. The van der Waals surface area contributed by atoms with Gasteiger partial charge in [0.25, 0.3) is 0 Å². The lowest BCUT2D eigenvalue weighted by Crippen LogP contribution is -2.32. The zero-order valence-electron chi connectivity index (χ0n) is 17.8. The van der Waals surface area contributed by atoms with E-state index in [4.69, 9.17) is 0 Å². The summed E-state index contributed by atoms with van der Waals surface area (Å²) < 4.78 is 0. The molecule has 2 rings (SSSR count). The molecule has 0 bridgehead atoms. The molecule has 0 aromatic heterocycles. The van der Waals surface area contributed by atoms with Crippen molar-refractivity contribution in [2.24, 2.45) is 5.41 Å². The standard InChI is InChI=1S/C25H41N/c1-6-9-11-14-24-21(7-2)17-23(18-22(24)8-3)20(4)26-19-25(5)15-12-10-13-16-25/h17-18,26H,4,6-16,19H2,1-3,5H3. The van der Waals surface area contributed by atoms with E-state index in [9.17, 15) is 0 Å². The highest BCUT2D eigenvalue weighted by molar-refractivity contribution is 5.64. The first-order chi connectivity index (χ1) is 12.5. The highest BCUT2D eigenvalue weighted by Crippen LogP contribution is 2.35. The van der Waals surface area contributed by atoms with Gasteiger partial charge in [0.2, 0.25) is 0 Å². The van der Waals surface area contributed by atoms with Crippen molar-refractivity contribution in [3.8, 4) is 0 Å². The second-order valence-electron chi connectivity index (χ2n) is 8.64. The number of hydrogen-bond acceptors (Lipinski definition) is 1. The molecule has 1 aromatic rings. The van der Waals surface area contributed by atoms with E-state index in [1.807, 2.05) is 0 Å². The summed E-state index contributed by atoms with van der Waals surface area (Å²) in [5, 5.41) is 3.69. The Labute approximate surface area is 162 Å². The van der Waals surface area contributed by atoms with Crippen LogP contribution in [0.5, 0.6) is 0 Å². The third-order valence-electron chi connectivity index (χ3n) is 6.36. The maximum atomic E-state index is 4.39. The average Bonchev–Trinajstić information content (AvgIpc) is 2.66. The van der Waals surface area contributed by atoms with E-state index < -0.39 is 0 Å². The first-order valence-corrected chi connectivity index (χ1v) is 11.1. The molecule has 1 saturated carbocycles. The lowest BCUT2D eigenvalue weighted by molar-refractivity contribution is 0.217. The summed E-state index contributed by atoms with van der Waals surface area (Å²) >= 11 is 0. The minimum Gasteiger partial charge on any atom is -0.384 e. The number of benzene rings is 1. The molecule has 1 nitrogen and oxygen atoms in total. The minimum atomic E-state index is 0.447. The third kappa shape index (κ3) is 5.63. The Balaban J connectivity index is 2.11. The van der Waals surface area contributed by atoms with Gasteiger partial charge in [-0.05, 0) is 78.3 Å². The molecule has 0 radical (unpaired) electrons. The van der Waals surface area contributed by atoms with Gasteiger partial charge in [0.1, 0.15) is 0 Å². The van der Waals surface area contributed by atoms with Crippen LogP contribution in [0.15, 0.2) is 18.7 Å². The third-order valence-corrected chi connectivity index (χ3v) is 6.36. The highest BCUT2D eigenvalue weighted by atomic mass is 14.9. The van der Waals surface area contributed by atoms with Crippen molar-refractivity contribution in [3.05, 3.63) is 41.0 Å². The number of aryl methyl sites for hydroxylation is 2. The minimum absolute atomic E-state index is 0.447. The summed E-state index contributed by atoms with van der Waals surface area (Å²) in [5.74, 6) is 0. The molecule has 0 aliphatic heterocycles. The SMILES string of the molecule is C=C(NCC1(C)CCCCC1)c1cc(CC)c(CCCCC)c(CC)c1. The number of hydrogen-bond donors (Lipinski definition) is 1. The maximum absolute atomic E-state index is 4.39. The maximum Gasteiger partial charge on any atom is 0.0341 e. The molecule has 1 N–H and O–H groups in total. The normalized spacial score (nSPS) is 16.5. The lowest BCUT2D eigenvalue weighted by atomic mass is 9.75. The van der Waals surface area contributed by atoms with E-state index >= 15 is 0 Å². The monoisotopic (exact) mass is 355 g/mol. The molecule has 1 aromatic carbocycles. The van der Waals surface area contributed by atoms with Gasteiger partial charge in [-0.25, -0.2) is 0 Å². The fraction of sp³-hybridized carbons (Fsp3) is 0.680. The van der Waals surface area contributed by atoms with Crippen LogP contribution in [0, 0.1) is 5.41 Å². The Morgan fingerprint density at radius 2 is 1.62 bits per heavy atom. The van der Waals surface area contributed by atoms with Crippen LogP contribution in [0.2, 0.25) is 0 Å². The van der Waals surface area contributed by atoms with E-state index in [0.29, 0.717) is 5.41 Å². The molecule has 146 valence electrons. The molecule has 1 heteroatoms. The molecule has 0 saturated heterocycles. The van der Waals surface area contributed by atoms with Gasteiger partial charge in [-0.3, -0.25) is 0 Å². The lowest BCUT2D eigenvalue weighted by Gasteiger charge is -2.34. The van der Waals surface area contributed by atoms with E-state index in [0.717, 1.165) is 25.1 Å². The van der Waals surface area contributed by atoms with Crippen LogP contribution in [0.3, 0.4) is 0 Å². The van der Waals surface area contributed by atoms with Crippen molar-refractivity contribution < 1.29 is 0 Å². The van der Waals surface area contributed by atoms with Gasteiger partial charge in [0, 0.05) is 12.2 Å². The number of unbranched alkanes of at least 4 members (excludes halogenated alkanes) is 2. The van der Waals surface area contributed by atoms with Crippen molar-refractivity contribution in [1.82, 2.24) is 5.32 Å². The Hall–Kier alpha value is -1.24. The summed E-state index contributed by atoms with van der Waals surface area (Å²) in [6.45, 7) is 14.8. The van der Waals surface area contributed by atoms with E-state index in [1.54, 1.807) is 5.56 Å². The van der Waals surface area contributed by atoms with Crippen molar-refractivity contribution in [1.29, 1.82) is 0 Å². The van der Waals surface area contributed by atoms with Crippen LogP contribution < -0.4 is 5.32 Å². The van der Waals surface area contributed by atoms with Crippen LogP contribution in [-0.2, 0) is 19.3 Å². The molecular formula is C25H41N. The summed E-state index contributed by atoms with van der Waals surface area (Å²) in [4.78, 5) is 0. The highest BCUT2D eigenvalue weighted by Gasteiger charge is 2.26. The van der Waals surface area contributed by atoms with Gasteiger partial charge in [0.05, 0.1) is 0 Å². The van der Waals surface area contributed by atoms with Crippen LogP contribution >= 0.6 is 0 Å². The van der Waals surface area contributed by atoms with Crippen LogP contribution in [-0.4, -0.2) is 6.54 Å². The first-order valence-electron chi connectivity index (χ1n) is 11.1. The smallest absolute Gasteiger partial charge is 0.0341 e. The second kappa shape index (κ2) is 10.2. The topological polar surface area (TPSA) is 12.0 Å². The summed E-state index contributed by atoms with van der Waals surface area (Å²) in [5.41, 5.74) is 7.53. The molecule has 0 atom stereocenters. The Morgan fingerprint density at radius 3 is 2.15 bits per heavy atom. The van der Waals surface area contributed by atoms with Gasteiger partial charge in [-0.1, -0.05) is 66.4 Å². The predicted octanol–water partition coefficient (Wildman–Crippen LogP) is 7.07. The fourth-order valence-electron chi connectivity index (χ4n) is 4.48. The second-order valence-corrected chi connectivity index (χ2v) is 8.64. The molecule has 1 fully saturated rings. The number of rotatable bonds is 10. The Kier molecular flexibility index (Phi) is 8.25. The number of nitrogens with one attached hydrogen (secondary N) is 1. The molecule has 1 aliphatic carbocycles. The summed E-state index contributed by atoms with van der Waals surface area (Å²) in [6.07, 6.45) is 14.3.